The molecule has 3 rings (SSSR count). The number of nitrogens with zero attached hydrogens (tertiary/aromatic N) is 3. The van der Waals surface area contributed by atoms with Crippen LogP contribution in [0.3, 0.4) is 0 Å². The highest BCUT2D eigenvalue weighted by Crippen LogP contribution is 2.14. The summed E-state index contributed by atoms with van der Waals surface area (Å²) in [5.74, 6) is 1.09. The Kier molecular flexibility index (Phi) is 7.25. The molecule has 0 saturated carbocycles. The Morgan fingerprint density at radius 1 is 0.926 bits per heavy atom. The van der Waals surface area contributed by atoms with Crippen molar-refractivity contribution in [3.05, 3.63) is 60.7 Å². The molecule has 5 nitrogen and oxygen atoms in total. The van der Waals surface area contributed by atoms with Crippen molar-refractivity contribution in [2.75, 3.05) is 57.3 Å². The summed E-state index contributed by atoms with van der Waals surface area (Å²) in [6, 6.07) is 19.8. The van der Waals surface area contributed by atoms with E-state index in [0.717, 1.165) is 44.2 Å². The number of carbonyl (C=O) groups is 1. The smallest absolute Gasteiger partial charge is 0.241 e. The molecule has 2 aromatic carbocycles. The molecule has 0 aliphatic carbocycles. The van der Waals surface area contributed by atoms with E-state index in [2.05, 4.69) is 9.80 Å². The van der Waals surface area contributed by atoms with Crippen molar-refractivity contribution in [3.8, 4) is 5.75 Å². The van der Waals surface area contributed by atoms with Gasteiger partial charge in [-0.3, -0.25) is 14.6 Å². The third-order valence-corrected chi connectivity index (χ3v) is 4.93. The largest absolute Gasteiger partial charge is 0.492 e. The average Bonchev–Trinajstić information content (AvgIpc) is 2.71. The Hall–Kier alpha value is -2.37. The molecule has 1 aliphatic rings. The second kappa shape index (κ2) is 10.1. The normalized spacial score (nSPS) is 15.4. The Balaban J connectivity index is 1.39. The highest BCUT2D eigenvalue weighted by Gasteiger charge is 2.21. The fraction of sp³-hybridized carbons (Fsp3) is 0.409. The molecule has 1 fully saturated rings. The molecule has 0 N–H and O–H groups in total. The lowest BCUT2D eigenvalue weighted by Gasteiger charge is -2.35. The number of hydrogen-bond donors (Lipinski definition) is 0. The van der Waals surface area contributed by atoms with E-state index < -0.39 is 0 Å². The minimum atomic E-state index is 0.171. The molecule has 1 amide bonds. The number of benzene rings is 2. The summed E-state index contributed by atoms with van der Waals surface area (Å²) in [6.45, 7) is 8.60. The Morgan fingerprint density at radius 2 is 1.52 bits per heavy atom. The zero-order valence-electron chi connectivity index (χ0n) is 16.1. The van der Waals surface area contributed by atoms with Crippen LogP contribution >= 0.6 is 0 Å². The lowest BCUT2D eigenvalue weighted by atomic mass is 10.2. The van der Waals surface area contributed by atoms with Crippen LogP contribution in [0, 0.1) is 0 Å². The number of amides is 1. The molecule has 27 heavy (non-hydrogen) atoms. The third kappa shape index (κ3) is 5.81. The van der Waals surface area contributed by atoms with Crippen LogP contribution in [0.4, 0.5) is 5.69 Å². The van der Waals surface area contributed by atoms with E-state index in [1.165, 1.54) is 0 Å². The number of carbonyl (C=O) groups excluding carboxylic acids is 1. The first-order chi connectivity index (χ1) is 13.3. The van der Waals surface area contributed by atoms with Crippen molar-refractivity contribution in [1.82, 2.24) is 9.80 Å². The van der Waals surface area contributed by atoms with Crippen LogP contribution in [-0.2, 0) is 4.79 Å². The van der Waals surface area contributed by atoms with E-state index in [4.69, 9.17) is 4.74 Å². The van der Waals surface area contributed by atoms with Crippen LogP contribution in [0.15, 0.2) is 60.7 Å². The van der Waals surface area contributed by atoms with Gasteiger partial charge in [-0.15, -0.1) is 0 Å². The number of likely N-dealkylation sites (N-methyl/N-ethyl adjacent to an activating group) is 1. The zero-order chi connectivity index (χ0) is 18.9. The van der Waals surface area contributed by atoms with Crippen molar-refractivity contribution in [2.24, 2.45) is 0 Å². The maximum absolute atomic E-state index is 12.7. The van der Waals surface area contributed by atoms with Crippen molar-refractivity contribution >= 4 is 11.6 Å². The minimum absolute atomic E-state index is 0.171. The molecule has 0 bridgehead atoms. The van der Waals surface area contributed by atoms with E-state index >= 15 is 0 Å². The van der Waals surface area contributed by atoms with Gasteiger partial charge in [0.25, 0.3) is 0 Å². The van der Waals surface area contributed by atoms with Gasteiger partial charge in [0.1, 0.15) is 12.4 Å². The monoisotopic (exact) mass is 367 g/mol. The summed E-state index contributed by atoms with van der Waals surface area (Å²) in [6.07, 6.45) is 0. The molecule has 0 aromatic heterocycles. The molecule has 2 aromatic rings. The van der Waals surface area contributed by atoms with Crippen molar-refractivity contribution in [1.29, 1.82) is 0 Å². The Bertz CT molecular complexity index is 685. The fourth-order valence-corrected chi connectivity index (χ4v) is 3.37. The van der Waals surface area contributed by atoms with Gasteiger partial charge in [-0.2, -0.15) is 0 Å². The maximum atomic E-state index is 12.7. The van der Waals surface area contributed by atoms with Crippen LogP contribution in [-0.4, -0.2) is 68.1 Å². The standard InChI is InChI=1S/C22H29N3O2/c1-2-25(20-9-5-3-6-10-20)22(26)19-24-15-13-23(14-16-24)17-18-27-21-11-7-4-8-12-21/h3-12H,2,13-19H2,1H3. The van der Waals surface area contributed by atoms with Gasteiger partial charge in [0.05, 0.1) is 6.54 Å². The van der Waals surface area contributed by atoms with E-state index in [1.807, 2.05) is 72.5 Å². The predicted octanol–water partition coefficient (Wildman–Crippen LogP) is 2.74. The van der Waals surface area contributed by atoms with Crippen molar-refractivity contribution in [3.63, 3.8) is 0 Å². The minimum Gasteiger partial charge on any atom is -0.492 e. The lowest BCUT2D eigenvalue weighted by Crippen LogP contribution is -2.50. The SMILES string of the molecule is CCN(C(=O)CN1CCN(CCOc2ccccc2)CC1)c1ccccc1. The first-order valence-electron chi connectivity index (χ1n) is 9.74. The third-order valence-electron chi connectivity index (χ3n) is 4.93. The Labute approximate surface area is 162 Å². The molecule has 1 aliphatic heterocycles. The molecular weight excluding hydrogens is 338 g/mol. The van der Waals surface area contributed by atoms with Gasteiger partial charge in [0, 0.05) is 45.0 Å². The van der Waals surface area contributed by atoms with Gasteiger partial charge in [-0.05, 0) is 31.2 Å². The summed E-state index contributed by atoms with van der Waals surface area (Å²) in [5, 5.41) is 0. The van der Waals surface area contributed by atoms with Crippen LogP contribution in [0.1, 0.15) is 6.92 Å². The molecular formula is C22H29N3O2. The van der Waals surface area contributed by atoms with Gasteiger partial charge in [0.2, 0.25) is 5.91 Å². The molecule has 1 saturated heterocycles. The number of rotatable bonds is 8. The molecule has 144 valence electrons. The summed E-state index contributed by atoms with van der Waals surface area (Å²) in [4.78, 5) is 19.2. The Morgan fingerprint density at radius 3 is 2.15 bits per heavy atom. The van der Waals surface area contributed by atoms with Gasteiger partial charge in [-0.25, -0.2) is 0 Å². The summed E-state index contributed by atoms with van der Waals surface area (Å²) >= 11 is 0. The summed E-state index contributed by atoms with van der Waals surface area (Å²) in [7, 11) is 0. The second-order valence-corrected chi connectivity index (χ2v) is 6.75. The highest BCUT2D eigenvalue weighted by molar-refractivity contribution is 5.94. The summed E-state index contributed by atoms with van der Waals surface area (Å²) in [5.41, 5.74) is 0.974. The number of piperazine rings is 1. The molecule has 0 unspecified atom stereocenters. The molecule has 1 heterocycles. The zero-order valence-corrected chi connectivity index (χ0v) is 16.1. The fourth-order valence-electron chi connectivity index (χ4n) is 3.37. The van der Waals surface area contributed by atoms with E-state index in [0.29, 0.717) is 19.7 Å². The van der Waals surface area contributed by atoms with Crippen LogP contribution < -0.4 is 9.64 Å². The van der Waals surface area contributed by atoms with Gasteiger partial charge < -0.3 is 9.64 Å². The average molecular weight is 367 g/mol. The second-order valence-electron chi connectivity index (χ2n) is 6.75. The number of anilines is 1. The van der Waals surface area contributed by atoms with Crippen LogP contribution in [0.2, 0.25) is 0 Å². The topological polar surface area (TPSA) is 36.0 Å². The van der Waals surface area contributed by atoms with Gasteiger partial charge in [-0.1, -0.05) is 36.4 Å². The van der Waals surface area contributed by atoms with Crippen LogP contribution in [0.5, 0.6) is 5.75 Å². The molecule has 0 spiro atoms. The predicted molar refractivity (Wildman–Crippen MR) is 109 cm³/mol. The molecule has 0 atom stereocenters. The molecule has 0 radical (unpaired) electrons. The van der Waals surface area contributed by atoms with E-state index in [1.54, 1.807) is 0 Å². The van der Waals surface area contributed by atoms with E-state index in [-0.39, 0.29) is 5.91 Å². The van der Waals surface area contributed by atoms with Crippen molar-refractivity contribution < 1.29 is 9.53 Å². The van der Waals surface area contributed by atoms with Crippen LogP contribution in [0.25, 0.3) is 0 Å². The van der Waals surface area contributed by atoms with E-state index in [9.17, 15) is 4.79 Å². The quantitative estimate of drug-likeness (QED) is 0.719. The van der Waals surface area contributed by atoms with Crippen molar-refractivity contribution in [2.45, 2.75) is 6.92 Å². The summed E-state index contributed by atoms with van der Waals surface area (Å²) < 4.78 is 5.78. The van der Waals surface area contributed by atoms with Gasteiger partial charge in [0.15, 0.2) is 0 Å². The molecule has 5 heteroatoms. The maximum Gasteiger partial charge on any atom is 0.241 e. The van der Waals surface area contributed by atoms with Gasteiger partial charge >= 0.3 is 0 Å². The highest BCUT2D eigenvalue weighted by atomic mass is 16.5. The first kappa shape index (κ1) is 19.4. The lowest BCUT2D eigenvalue weighted by molar-refractivity contribution is -0.120. The number of ether oxygens (including phenoxy) is 1. The first-order valence-corrected chi connectivity index (χ1v) is 9.74. The number of para-hydroxylation sites is 2. The number of hydrogen-bond acceptors (Lipinski definition) is 4.